The van der Waals surface area contributed by atoms with Gasteiger partial charge in [-0.05, 0) is 49.1 Å². The van der Waals surface area contributed by atoms with Gasteiger partial charge in [-0.15, -0.1) is 0 Å². The van der Waals surface area contributed by atoms with Crippen molar-refractivity contribution in [1.82, 2.24) is 4.90 Å². The van der Waals surface area contributed by atoms with Gasteiger partial charge in [0, 0.05) is 17.5 Å². The predicted octanol–water partition coefficient (Wildman–Crippen LogP) is 5.92. The van der Waals surface area contributed by atoms with Gasteiger partial charge in [-0.25, -0.2) is 14.0 Å². The van der Waals surface area contributed by atoms with Gasteiger partial charge in [-0.1, -0.05) is 66.2 Å². The molecule has 0 fully saturated rings. The summed E-state index contributed by atoms with van der Waals surface area (Å²) in [5.74, 6) is -2.15. The van der Waals surface area contributed by atoms with Crippen molar-refractivity contribution >= 4 is 12.1 Å². The fourth-order valence-corrected chi connectivity index (χ4v) is 4.56. The van der Waals surface area contributed by atoms with E-state index in [0.29, 0.717) is 5.56 Å². The van der Waals surface area contributed by atoms with Gasteiger partial charge >= 0.3 is 12.1 Å². The van der Waals surface area contributed by atoms with Gasteiger partial charge in [-0.3, -0.25) is 4.90 Å². The van der Waals surface area contributed by atoms with E-state index in [1.54, 1.807) is 26.8 Å². The van der Waals surface area contributed by atoms with Crippen LogP contribution in [0.25, 0.3) is 11.1 Å². The number of fused-ring (bicyclic) bond motifs is 3. The van der Waals surface area contributed by atoms with Gasteiger partial charge in [0.05, 0.1) is 0 Å². The van der Waals surface area contributed by atoms with Gasteiger partial charge in [-0.2, -0.15) is 0 Å². The Bertz CT molecular complexity index is 1160. The minimum Gasteiger partial charge on any atom is -0.479 e. The molecule has 3 aromatic carbocycles. The maximum absolute atomic E-state index is 14.6. The second-order valence-electron chi connectivity index (χ2n) is 8.57. The number of benzene rings is 3. The fourth-order valence-electron chi connectivity index (χ4n) is 4.56. The normalized spacial score (nSPS) is 13.4. The van der Waals surface area contributed by atoms with E-state index in [2.05, 4.69) is 0 Å². The van der Waals surface area contributed by atoms with Crippen LogP contribution < -0.4 is 0 Å². The molecule has 0 heterocycles. The Labute approximate surface area is 192 Å². The highest BCUT2D eigenvalue weighted by molar-refractivity contribution is 5.82. The number of hydrogen-bond donors (Lipinski definition) is 1. The van der Waals surface area contributed by atoms with Gasteiger partial charge in [0.25, 0.3) is 0 Å². The molecular formula is C27H26FNO4. The summed E-state index contributed by atoms with van der Waals surface area (Å²) in [6.45, 7) is 5.17. The van der Waals surface area contributed by atoms with Gasteiger partial charge < -0.3 is 9.84 Å². The molecular weight excluding hydrogens is 421 g/mol. The van der Waals surface area contributed by atoms with Crippen molar-refractivity contribution in [3.8, 4) is 11.1 Å². The number of aryl methyl sites for hydroxylation is 1. The Morgan fingerprint density at radius 2 is 1.58 bits per heavy atom. The van der Waals surface area contributed by atoms with Crippen LogP contribution in [-0.2, 0) is 9.53 Å². The largest absolute Gasteiger partial charge is 0.479 e. The van der Waals surface area contributed by atoms with Crippen molar-refractivity contribution in [2.75, 3.05) is 6.61 Å². The maximum atomic E-state index is 14.6. The Morgan fingerprint density at radius 1 is 1.00 bits per heavy atom. The highest BCUT2D eigenvalue weighted by Gasteiger charge is 2.37. The lowest BCUT2D eigenvalue weighted by Crippen LogP contribution is -2.44. The summed E-state index contributed by atoms with van der Waals surface area (Å²) in [6, 6.07) is 18.1. The van der Waals surface area contributed by atoms with E-state index in [1.165, 1.54) is 12.1 Å². The summed E-state index contributed by atoms with van der Waals surface area (Å²) in [4.78, 5) is 26.5. The number of hydrogen-bond acceptors (Lipinski definition) is 3. The smallest absolute Gasteiger partial charge is 0.411 e. The summed E-state index contributed by atoms with van der Waals surface area (Å²) < 4.78 is 20.3. The highest BCUT2D eigenvalue weighted by atomic mass is 19.1. The van der Waals surface area contributed by atoms with Crippen LogP contribution in [0.1, 0.15) is 48.1 Å². The molecule has 1 amide bonds. The Hall–Kier alpha value is -3.67. The molecule has 1 atom stereocenters. The molecule has 170 valence electrons. The molecule has 4 rings (SSSR count). The zero-order valence-corrected chi connectivity index (χ0v) is 18.8. The number of rotatable bonds is 6. The van der Waals surface area contributed by atoms with E-state index in [0.717, 1.165) is 27.2 Å². The third-order valence-electron chi connectivity index (χ3n) is 6.06. The minimum absolute atomic E-state index is 0.0543. The van der Waals surface area contributed by atoms with E-state index in [1.807, 2.05) is 48.5 Å². The fraction of sp³-hybridized carbons (Fsp3) is 0.259. The average molecular weight is 448 g/mol. The molecule has 0 saturated carbocycles. The minimum atomic E-state index is -1.50. The zero-order valence-electron chi connectivity index (χ0n) is 18.8. The lowest BCUT2D eigenvalue weighted by Gasteiger charge is -2.32. The van der Waals surface area contributed by atoms with Crippen molar-refractivity contribution in [3.63, 3.8) is 0 Å². The molecule has 0 saturated heterocycles. The van der Waals surface area contributed by atoms with Crippen molar-refractivity contribution in [1.29, 1.82) is 0 Å². The number of carbonyl (C=O) groups is 2. The number of ether oxygens (including phenoxy) is 1. The molecule has 0 bridgehead atoms. The second kappa shape index (κ2) is 9.06. The van der Waals surface area contributed by atoms with Crippen LogP contribution >= 0.6 is 0 Å². The molecule has 3 aromatic rings. The molecule has 0 aliphatic heterocycles. The van der Waals surface area contributed by atoms with Crippen LogP contribution in [0.5, 0.6) is 0 Å². The molecule has 1 aliphatic carbocycles. The lowest BCUT2D eigenvalue weighted by atomic mass is 9.98. The highest BCUT2D eigenvalue weighted by Crippen LogP contribution is 2.44. The average Bonchev–Trinajstić information content (AvgIpc) is 3.11. The Balaban J connectivity index is 1.62. The molecule has 0 spiro atoms. The summed E-state index contributed by atoms with van der Waals surface area (Å²) in [7, 11) is 0. The van der Waals surface area contributed by atoms with E-state index in [9.17, 15) is 19.1 Å². The Morgan fingerprint density at radius 3 is 2.12 bits per heavy atom. The monoisotopic (exact) mass is 447 g/mol. The first-order valence-corrected chi connectivity index (χ1v) is 10.9. The van der Waals surface area contributed by atoms with Crippen molar-refractivity contribution in [2.45, 2.75) is 38.8 Å². The summed E-state index contributed by atoms with van der Waals surface area (Å²) in [6.07, 6.45) is -0.792. The first-order valence-electron chi connectivity index (χ1n) is 10.9. The summed E-state index contributed by atoms with van der Waals surface area (Å²) in [5, 5.41) is 9.93. The first-order chi connectivity index (χ1) is 15.8. The number of aliphatic carboxylic acids is 1. The topological polar surface area (TPSA) is 66.8 Å². The summed E-state index contributed by atoms with van der Waals surface area (Å²) in [5.41, 5.74) is 4.95. The van der Waals surface area contributed by atoms with Gasteiger partial charge in [0.15, 0.2) is 6.04 Å². The molecule has 33 heavy (non-hydrogen) atoms. The van der Waals surface area contributed by atoms with E-state index >= 15 is 0 Å². The molecule has 1 aliphatic rings. The van der Waals surface area contributed by atoms with Crippen LogP contribution in [0.15, 0.2) is 66.7 Å². The zero-order chi connectivity index (χ0) is 23.7. The van der Waals surface area contributed by atoms with Gasteiger partial charge in [0.2, 0.25) is 0 Å². The third kappa shape index (κ3) is 4.21. The SMILES string of the molecule is Cc1ccc(F)c(C(C(=O)O)N(C(=O)OCC2c3ccccc3-c3ccccc32)C(C)C)c1. The number of carbonyl (C=O) groups excluding carboxylic acids is 1. The van der Waals surface area contributed by atoms with Crippen molar-refractivity contribution < 1.29 is 23.8 Å². The van der Waals surface area contributed by atoms with Crippen LogP contribution in [0, 0.1) is 12.7 Å². The van der Waals surface area contributed by atoms with Crippen LogP contribution in [0.2, 0.25) is 0 Å². The number of halogens is 1. The number of carboxylic acids is 1. The van der Waals surface area contributed by atoms with Crippen molar-refractivity contribution in [2.24, 2.45) is 0 Å². The Kier molecular flexibility index (Phi) is 6.18. The van der Waals surface area contributed by atoms with E-state index < -0.39 is 30.0 Å². The van der Waals surface area contributed by atoms with Crippen molar-refractivity contribution in [3.05, 3.63) is 94.8 Å². The van der Waals surface area contributed by atoms with Crippen LogP contribution in [-0.4, -0.2) is 34.7 Å². The number of carboxylic acid groups (broad SMARTS) is 1. The predicted molar refractivity (Wildman–Crippen MR) is 124 cm³/mol. The van der Waals surface area contributed by atoms with E-state index in [4.69, 9.17) is 4.74 Å². The molecule has 1 unspecified atom stereocenters. The lowest BCUT2D eigenvalue weighted by molar-refractivity contribution is -0.143. The maximum Gasteiger partial charge on any atom is 0.411 e. The van der Waals surface area contributed by atoms with Crippen LogP contribution in [0.3, 0.4) is 0 Å². The number of amides is 1. The molecule has 0 aromatic heterocycles. The van der Waals surface area contributed by atoms with E-state index in [-0.39, 0.29) is 18.1 Å². The molecule has 6 heteroatoms. The molecule has 0 radical (unpaired) electrons. The molecule has 5 nitrogen and oxygen atoms in total. The third-order valence-corrected chi connectivity index (χ3v) is 6.06. The standard InChI is InChI=1S/C27H26FNO4/c1-16(2)29(25(26(30)31)22-14-17(3)12-13-24(22)28)27(32)33-15-23-20-10-6-4-8-18(20)19-9-5-7-11-21(19)23/h4-14,16,23,25H,15H2,1-3H3,(H,30,31). The van der Waals surface area contributed by atoms with Gasteiger partial charge in [0.1, 0.15) is 12.4 Å². The first kappa shape index (κ1) is 22.5. The summed E-state index contributed by atoms with van der Waals surface area (Å²) >= 11 is 0. The number of nitrogens with zero attached hydrogens (tertiary/aromatic N) is 1. The molecule has 1 N–H and O–H groups in total. The second-order valence-corrected chi connectivity index (χ2v) is 8.57. The van der Waals surface area contributed by atoms with Crippen LogP contribution in [0.4, 0.5) is 9.18 Å². The quantitative estimate of drug-likeness (QED) is 0.509.